The largest absolute Gasteiger partial charge is 0.395 e. The van der Waals surface area contributed by atoms with Gasteiger partial charge in [0, 0.05) is 12.1 Å². The van der Waals surface area contributed by atoms with Gasteiger partial charge in [-0.1, -0.05) is 20.8 Å². The maximum atomic E-state index is 8.95. The molecule has 2 heteroatoms. The van der Waals surface area contributed by atoms with Crippen LogP contribution in [0.4, 0.5) is 0 Å². The van der Waals surface area contributed by atoms with E-state index in [1.807, 2.05) is 0 Å². The third-order valence-corrected chi connectivity index (χ3v) is 2.06. The number of aliphatic hydroxyl groups excluding tert-OH is 1. The van der Waals surface area contributed by atoms with Crippen LogP contribution < -0.4 is 5.32 Å². The molecule has 0 saturated heterocycles. The summed E-state index contributed by atoms with van der Waals surface area (Å²) in [6, 6.07) is 0.792. The van der Waals surface area contributed by atoms with Gasteiger partial charge in [0.25, 0.3) is 0 Å². The summed E-state index contributed by atoms with van der Waals surface area (Å²) in [6.07, 6.45) is 2.18. The Morgan fingerprint density at radius 3 is 2.17 bits per heavy atom. The number of hydrogen-bond acceptors (Lipinski definition) is 2. The lowest BCUT2D eigenvalue weighted by Gasteiger charge is -2.21. The molecular formula is C10H23NO. The Hall–Kier alpha value is -0.0800. The molecule has 0 rings (SSSR count). The molecule has 0 fully saturated rings. The van der Waals surface area contributed by atoms with E-state index >= 15 is 0 Å². The van der Waals surface area contributed by atoms with Crippen molar-refractivity contribution in [1.29, 1.82) is 0 Å². The zero-order chi connectivity index (χ0) is 9.56. The third-order valence-electron chi connectivity index (χ3n) is 2.06. The summed E-state index contributed by atoms with van der Waals surface area (Å²) < 4.78 is 0. The lowest BCUT2D eigenvalue weighted by atomic mass is 10.0. The van der Waals surface area contributed by atoms with Crippen LogP contribution in [0.1, 0.15) is 40.5 Å². The van der Waals surface area contributed by atoms with Crippen molar-refractivity contribution in [1.82, 2.24) is 5.32 Å². The van der Waals surface area contributed by atoms with Crippen LogP contribution in [0.3, 0.4) is 0 Å². The number of nitrogens with one attached hydrogen (secondary N) is 1. The van der Waals surface area contributed by atoms with E-state index in [1.54, 1.807) is 0 Å². The van der Waals surface area contributed by atoms with E-state index in [0.29, 0.717) is 6.04 Å². The van der Waals surface area contributed by atoms with E-state index < -0.39 is 0 Å². The van der Waals surface area contributed by atoms with Crippen LogP contribution in [0.2, 0.25) is 0 Å². The summed E-state index contributed by atoms with van der Waals surface area (Å²) in [5.74, 6) is 0.726. The quantitative estimate of drug-likeness (QED) is 0.641. The van der Waals surface area contributed by atoms with Gasteiger partial charge in [-0.05, 0) is 25.7 Å². The van der Waals surface area contributed by atoms with E-state index in [1.165, 1.54) is 6.42 Å². The predicted octanol–water partition coefficient (Wildman–Crippen LogP) is 1.78. The van der Waals surface area contributed by atoms with Crippen molar-refractivity contribution in [3.8, 4) is 0 Å². The summed E-state index contributed by atoms with van der Waals surface area (Å²) in [4.78, 5) is 0. The average molecular weight is 173 g/mol. The molecule has 12 heavy (non-hydrogen) atoms. The van der Waals surface area contributed by atoms with Crippen molar-refractivity contribution in [2.24, 2.45) is 5.92 Å². The zero-order valence-electron chi connectivity index (χ0n) is 8.80. The monoisotopic (exact) mass is 173 g/mol. The van der Waals surface area contributed by atoms with Gasteiger partial charge in [-0.15, -0.1) is 0 Å². The highest BCUT2D eigenvalue weighted by Gasteiger charge is 2.09. The van der Waals surface area contributed by atoms with Crippen LogP contribution in [0.25, 0.3) is 0 Å². The molecule has 0 bridgehead atoms. The molecule has 0 spiro atoms. The Kier molecular flexibility index (Phi) is 6.39. The van der Waals surface area contributed by atoms with E-state index in [4.69, 9.17) is 5.11 Å². The van der Waals surface area contributed by atoms with Gasteiger partial charge in [0.15, 0.2) is 0 Å². The fraction of sp³-hybridized carbons (Fsp3) is 1.00. The van der Waals surface area contributed by atoms with Crippen LogP contribution in [-0.2, 0) is 0 Å². The highest BCUT2D eigenvalue weighted by Crippen LogP contribution is 2.05. The Labute approximate surface area is 76.4 Å². The second-order valence-corrected chi connectivity index (χ2v) is 3.99. The second kappa shape index (κ2) is 6.44. The molecular weight excluding hydrogens is 150 g/mol. The van der Waals surface area contributed by atoms with Gasteiger partial charge in [0.2, 0.25) is 0 Å². The molecule has 0 amide bonds. The molecule has 0 aromatic rings. The Bertz CT molecular complexity index is 100. The van der Waals surface area contributed by atoms with Crippen LogP contribution in [-0.4, -0.2) is 23.8 Å². The van der Waals surface area contributed by atoms with Gasteiger partial charge >= 0.3 is 0 Å². The van der Waals surface area contributed by atoms with Crippen LogP contribution in [0.15, 0.2) is 0 Å². The first-order chi connectivity index (χ1) is 5.60. The van der Waals surface area contributed by atoms with Crippen LogP contribution >= 0.6 is 0 Å². The van der Waals surface area contributed by atoms with Crippen LogP contribution in [0, 0.1) is 5.92 Å². The number of hydrogen-bond donors (Lipinski definition) is 2. The van der Waals surface area contributed by atoms with Crippen molar-refractivity contribution in [2.75, 3.05) is 6.61 Å². The molecule has 0 saturated carbocycles. The Morgan fingerprint density at radius 2 is 1.83 bits per heavy atom. The molecule has 0 aliphatic heterocycles. The smallest absolute Gasteiger partial charge is 0.0584 e. The predicted molar refractivity (Wildman–Crippen MR) is 53.2 cm³/mol. The first-order valence-corrected chi connectivity index (χ1v) is 4.97. The van der Waals surface area contributed by atoms with Gasteiger partial charge < -0.3 is 10.4 Å². The van der Waals surface area contributed by atoms with Crippen molar-refractivity contribution >= 4 is 0 Å². The number of aliphatic hydroxyl groups is 1. The van der Waals surface area contributed by atoms with E-state index in [9.17, 15) is 0 Å². The summed E-state index contributed by atoms with van der Waals surface area (Å²) in [7, 11) is 0. The van der Waals surface area contributed by atoms with Crippen molar-refractivity contribution < 1.29 is 5.11 Å². The molecule has 74 valence electrons. The van der Waals surface area contributed by atoms with E-state index in [2.05, 4.69) is 33.0 Å². The zero-order valence-corrected chi connectivity index (χ0v) is 8.80. The van der Waals surface area contributed by atoms with Crippen molar-refractivity contribution in [3.63, 3.8) is 0 Å². The first kappa shape index (κ1) is 11.9. The molecule has 1 unspecified atom stereocenters. The van der Waals surface area contributed by atoms with Crippen LogP contribution in [0.5, 0.6) is 0 Å². The molecule has 0 aromatic heterocycles. The maximum absolute atomic E-state index is 8.95. The third kappa shape index (κ3) is 5.56. The maximum Gasteiger partial charge on any atom is 0.0584 e. The molecule has 0 aliphatic rings. The molecule has 0 heterocycles. The summed E-state index contributed by atoms with van der Waals surface area (Å²) >= 11 is 0. The number of rotatable bonds is 6. The van der Waals surface area contributed by atoms with E-state index in [0.717, 1.165) is 12.3 Å². The average Bonchev–Trinajstić information content (AvgIpc) is 1.98. The van der Waals surface area contributed by atoms with Gasteiger partial charge in [-0.25, -0.2) is 0 Å². The van der Waals surface area contributed by atoms with Gasteiger partial charge in [0.1, 0.15) is 0 Å². The SMILES string of the molecule is CC[C@@H](CO)NC(C)CC(C)C. The molecule has 0 aromatic carbocycles. The molecule has 0 radical (unpaired) electrons. The topological polar surface area (TPSA) is 32.3 Å². The molecule has 2 N–H and O–H groups in total. The standard InChI is InChI=1S/C10H23NO/c1-5-10(7-12)11-9(4)6-8(2)3/h8-12H,5-7H2,1-4H3/t9?,10-/m0/s1. The van der Waals surface area contributed by atoms with Gasteiger partial charge in [-0.3, -0.25) is 0 Å². The minimum atomic E-state index is 0.249. The Morgan fingerprint density at radius 1 is 1.25 bits per heavy atom. The highest BCUT2D eigenvalue weighted by atomic mass is 16.3. The lowest BCUT2D eigenvalue weighted by Crippen LogP contribution is -2.39. The minimum Gasteiger partial charge on any atom is -0.395 e. The summed E-state index contributed by atoms with van der Waals surface area (Å²) in [6.45, 7) is 8.96. The summed E-state index contributed by atoms with van der Waals surface area (Å²) in [5.41, 5.74) is 0. The van der Waals surface area contributed by atoms with Gasteiger partial charge in [-0.2, -0.15) is 0 Å². The lowest BCUT2D eigenvalue weighted by molar-refractivity contribution is 0.224. The fourth-order valence-electron chi connectivity index (χ4n) is 1.48. The van der Waals surface area contributed by atoms with E-state index in [-0.39, 0.29) is 12.6 Å². The highest BCUT2D eigenvalue weighted by molar-refractivity contribution is 4.70. The first-order valence-electron chi connectivity index (χ1n) is 4.97. The normalized spacial score (nSPS) is 16.5. The Balaban J connectivity index is 3.58. The minimum absolute atomic E-state index is 0.249. The molecule has 0 aliphatic carbocycles. The molecule has 2 nitrogen and oxygen atoms in total. The van der Waals surface area contributed by atoms with Crippen molar-refractivity contribution in [2.45, 2.75) is 52.6 Å². The van der Waals surface area contributed by atoms with Gasteiger partial charge in [0.05, 0.1) is 6.61 Å². The van der Waals surface area contributed by atoms with Crippen molar-refractivity contribution in [3.05, 3.63) is 0 Å². The summed E-state index contributed by atoms with van der Waals surface area (Å²) in [5, 5.41) is 12.3. The fourth-order valence-corrected chi connectivity index (χ4v) is 1.48. The second-order valence-electron chi connectivity index (χ2n) is 3.99. The molecule has 2 atom stereocenters.